The Hall–Kier alpha value is -0.810. The van der Waals surface area contributed by atoms with E-state index in [0.29, 0.717) is 10.9 Å². The number of aliphatic carboxylic acids is 1. The molecule has 0 aromatic rings. The van der Waals surface area contributed by atoms with Crippen molar-refractivity contribution in [2.75, 3.05) is 27.4 Å². The van der Waals surface area contributed by atoms with Gasteiger partial charge in [-0.1, -0.05) is 0 Å². The first-order valence-corrected chi connectivity index (χ1v) is 6.37. The maximum absolute atomic E-state index is 11.1. The van der Waals surface area contributed by atoms with E-state index in [1.54, 1.807) is 18.0 Å². The predicted octanol–water partition coefficient (Wildman–Crippen LogP) is 0.250. The van der Waals surface area contributed by atoms with Crippen LogP contribution in [-0.2, 0) is 4.79 Å². The first-order valence-electron chi connectivity index (χ1n) is 5.15. The van der Waals surface area contributed by atoms with Gasteiger partial charge in [-0.15, -0.1) is 11.8 Å². The lowest BCUT2D eigenvalue weighted by molar-refractivity contribution is -0.889. The summed E-state index contributed by atoms with van der Waals surface area (Å²) in [7, 11) is 5.60. The van der Waals surface area contributed by atoms with Gasteiger partial charge in [0.2, 0.25) is 0 Å². The average molecular weight is 242 g/mol. The lowest BCUT2D eigenvalue weighted by atomic mass is 10.0. The zero-order valence-electron chi connectivity index (χ0n) is 10.2. The second-order valence-corrected chi connectivity index (χ2v) is 5.73. The number of carboxylic acid groups (broad SMARTS) is 1. The van der Waals surface area contributed by atoms with Crippen molar-refractivity contribution >= 4 is 22.8 Å². The van der Waals surface area contributed by atoms with Crippen LogP contribution in [0, 0.1) is 0 Å². The molecular formula is C11H18N2O2S. The van der Waals surface area contributed by atoms with Crippen molar-refractivity contribution in [2.45, 2.75) is 18.9 Å². The summed E-state index contributed by atoms with van der Waals surface area (Å²) in [5, 5.41) is 12.1. The minimum absolute atomic E-state index is 0.369. The second-order valence-electron chi connectivity index (χ2n) is 4.85. The first-order chi connectivity index (χ1) is 7.34. The van der Waals surface area contributed by atoms with Crippen molar-refractivity contribution in [3.05, 3.63) is 11.8 Å². The van der Waals surface area contributed by atoms with Crippen molar-refractivity contribution in [1.29, 1.82) is 0 Å². The highest BCUT2D eigenvalue weighted by molar-refractivity contribution is 8.13. The molecule has 0 aromatic carbocycles. The molecule has 0 aliphatic carbocycles. The monoisotopic (exact) mass is 242 g/mol. The van der Waals surface area contributed by atoms with E-state index in [1.165, 1.54) is 0 Å². The molecule has 0 N–H and O–H groups in total. The number of aliphatic imine (C=N–C) groups is 1. The summed E-state index contributed by atoms with van der Waals surface area (Å²) in [4.78, 5) is 15.3. The van der Waals surface area contributed by atoms with Crippen LogP contribution < -0.4 is 5.11 Å². The first kappa shape index (κ1) is 13.3. The molecule has 0 amide bonds. The van der Waals surface area contributed by atoms with E-state index >= 15 is 0 Å². The number of carbonyl (C=O) groups excluding carboxylic acids is 1. The van der Waals surface area contributed by atoms with Gasteiger partial charge in [0, 0.05) is 19.0 Å². The summed E-state index contributed by atoms with van der Waals surface area (Å²) < 4.78 is 0.369. The molecule has 90 valence electrons. The van der Waals surface area contributed by atoms with Gasteiger partial charge in [-0.25, -0.2) is 0 Å². The van der Waals surface area contributed by atoms with Gasteiger partial charge < -0.3 is 14.4 Å². The maximum Gasteiger partial charge on any atom is 0.132 e. The van der Waals surface area contributed by atoms with E-state index in [4.69, 9.17) is 0 Å². The van der Waals surface area contributed by atoms with Crippen molar-refractivity contribution in [3.8, 4) is 0 Å². The van der Waals surface area contributed by atoms with Crippen LogP contribution in [0.3, 0.4) is 0 Å². The largest absolute Gasteiger partial charge is 0.544 e. The Morgan fingerprint density at radius 2 is 2.25 bits per heavy atom. The molecule has 0 radical (unpaired) electrons. The highest BCUT2D eigenvalue weighted by Gasteiger charge is 2.27. The van der Waals surface area contributed by atoms with Crippen LogP contribution in [0.1, 0.15) is 12.8 Å². The fourth-order valence-electron chi connectivity index (χ4n) is 1.62. The zero-order chi connectivity index (χ0) is 12.3. The normalized spacial score (nSPS) is 18.0. The van der Waals surface area contributed by atoms with Crippen molar-refractivity contribution in [2.24, 2.45) is 4.99 Å². The standard InChI is InChI=1S/C11H18N2O2S/c1-13(2,3)9(11(14)15)5-8-6-10(16-4)12-7-8/h7,9H,5-6H2,1-4H3/t9-/m0/s1. The summed E-state index contributed by atoms with van der Waals surface area (Å²) in [5.74, 6) is -0.994. The molecule has 1 aliphatic rings. The van der Waals surface area contributed by atoms with E-state index in [-0.39, 0.29) is 0 Å². The summed E-state index contributed by atoms with van der Waals surface area (Å²) in [6.45, 7) is 0. The number of rotatable bonds is 4. The Bertz CT molecular complexity index is 342. The lowest BCUT2D eigenvalue weighted by Crippen LogP contribution is -2.54. The predicted molar refractivity (Wildman–Crippen MR) is 65.1 cm³/mol. The van der Waals surface area contributed by atoms with Crippen LogP contribution in [0.25, 0.3) is 0 Å². The quantitative estimate of drug-likeness (QED) is 0.664. The number of hydrogen-bond donors (Lipinski definition) is 0. The molecule has 0 unspecified atom stereocenters. The number of carboxylic acids is 1. The Labute approximate surface area is 101 Å². The highest BCUT2D eigenvalue weighted by Crippen LogP contribution is 2.24. The number of likely N-dealkylation sites (N-methyl/N-ethyl adjacent to an activating group) is 1. The molecule has 0 spiro atoms. The van der Waals surface area contributed by atoms with Crippen molar-refractivity contribution < 1.29 is 14.4 Å². The van der Waals surface area contributed by atoms with Gasteiger partial charge in [-0.05, 0) is 11.8 Å². The van der Waals surface area contributed by atoms with E-state index < -0.39 is 12.0 Å². The molecule has 1 aliphatic heterocycles. The molecule has 0 saturated heterocycles. The van der Waals surface area contributed by atoms with Crippen LogP contribution in [0.2, 0.25) is 0 Å². The minimum Gasteiger partial charge on any atom is -0.544 e. The second kappa shape index (κ2) is 5.01. The van der Waals surface area contributed by atoms with E-state index in [1.807, 2.05) is 27.4 Å². The highest BCUT2D eigenvalue weighted by atomic mass is 32.2. The van der Waals surface area contributed by atoms with Gasteiger partial charge in [0.15, 0.2) is 0 Å². The van der Waals surface area contributed by atoms with Gasteiger partial charge in [-0.3, -0.25) is 4.99 Å². The van der Waals surface area contributed by atoms with Crippen LogP contribution in [0.5, 0.6) is 0 Å². The van der Waals surface area contributed by atoms with Gasteiger partial charge in [0.05, 0.1) is 32.2 Å². The topological polar surface area (TPSA) is 52.5 Å². The Morgan fingerprint density at radius 1 is 1.62 bits per heavy atom. The number of hydrogen-bond acceptors (Lipinski definition) is 4. The number of quaternary nitrogens is 1. The van der Waals surface area contributed by atoms with Crippen molar-refractivity contribution in [3.63, 3.8) is 0 Å². The summed E-state index contributed by atoms with van der Waals surface area (Å²) in [5.41, 5.74) is 1.08. The van der Waals surface area contributed by atoms with Crippen molar-refractivity contribution in [1.82, 2.24) is 0 Å². The molecule has 4 nitrogen and oxygen atoms in total. The molecule has 1 atom stereocenters. The van der Waals surface area contributed by atoms with Crippen LogP contribution >= 0.6 is 11.8 Å². The molecule has 5 heteroatoms. The fraction of sp³-hybridized carbons (Fsp3) is 0.636. The molecule has 0 bridgehead atoms. The third-order valence-corrected chi connectivity index (χ3v) is 3.39. The lowest BCUT2D eigenvalue weighted by Gasteiger charge is -2.35. The van der Waals surface area contributed by atoms with Crippen LogP contribution in [-0.4, -0.2) is 48.9 Å². The van der Waals surface area contributed by atoms with Crippen LogP contribution in [0.15, 0.2) is 16.8 Å². The molecular weight excluding hydrogens is 224 g/mol. The van der Waals surface area contributed by atoms with Gasteiger partial charge in [-0.2, -0.15) is 0 Å². The molecule has 1 heterocycles. The maximum atomic E-state index is 11.1. The van der Waals surface area contributed by atoms with E-state index in [2.05, 4.69) is 4.99 Å². The SMILES string of the molecule is CSC1=NC=C(C[C@@H](C(=O)[O-])[N+](C)(C)C)C1. The fourth-order valence-corrected chi connectivity index (χ4v) is 2.11. The number of thioether (sulfide) groups is 1. The molecule has 16 heavy (non-hydrogen) atoms. The van der Waals surface area contributed by atoms with E-state index in [9.17, 15) is 9.90 Å². The zero-order valence-corrected chi connectivity index (χ0v) is 11.0. The number of carbonyl (C=O) groups is 1. The third-order valence-electron chi connectivity index (χ3n) is 2.67. The smallest absolute Gasteiger partial charge is 0.132 e. The molecule has 0 fully saturated rings. The Kier molecular flexibility index (Phi) is 4.15. The summed E-state index contributed by atoms with van der Waals surface area (Å²) in [6, 6.07) is -0.511. The Morgan fingerprint density at radius 3 is 2.62 bits per heavy atom. The van der Waals surface area contributed by atoms with Gasteiger partial charge in [0.1, 0.15) is 6.04 Å². The summed E-state index contributed by atoms with van der Waals surface area (Å²) in [6.07, 6.45) is 5.06. The number of nitrogens with zero attached hydrogens (tertiary/aromatic N) is 2. The molecule has 0 aromatic heterocycles. The van der Waals surface area contributed by atoms with Gasteiger partial charge >= 0.3 is 0 Å². The molecule has 0 saturated carbocycles. The summed E-state index contributed by atoms with van der Waals surface area (Å²) >= 11 is 1.61. The van der Waals surface area contributed by atoms with Crippen LogP contribution in [0.4, 0.5) is 0 Å². The van der Waals surface area contributed by atoms with Gasteiger partial charge in [0.25, 0.3) is 0 Å². The minimum atomic E-state index is -0.994. The van der Waals surface area contributed by atoms with E-state index in [0.717, 1.165) is 17.0 Å². The Balaban J connectivity index is 2.63. The third kappa shape index (κ3) is 3.35. The molecule has 1 rings (SSSR count). The average Bonchev–Trinajstić information content (AvgIpc) is 2.59.